The van der Waals surface area contributed by atoms with Gasteiger partial charge in [0.05, 0.1) is 24.1 Å². The summed E-state index contributed by atoms with van der Waals surface area (Å²) in [6.45, 7) is 7.14. The molecule has 4 rings (SSSR count). The third-order valence-corrected chi connectivity index (χ3v) is 5.43. The Labute approximate surface area is 191 Å². The lowest BCUT2D eigenvalue weighted by Gasteiger charge is -2.19. The summed E-state index contributed by atoms with van der Waals surface area (Å²) in [5, 5.41) is 25.8. The fourth-order valence-corrected chi connectivity index (χ4v) is 3.76. The van der Waals surface area contributed by atoms with Gasteiger partial charge in [-0.25, -0.2) is 0 Å². The average molecular weight is 447 g/mol. The van der Waals surface area contributed by atoms with Crippen LogP contribution in [-0.4, -0.2) is 32.8 Å². The maximum Gasteiger partial charge on any atom is 0.240 e. The van der Waals surface area contributed by atoms with E-state index in [4.69, 9.17) is 9.26 Å². The molecule has 7 heteroatoms. The van der Waals surface area contributed by atoms with Gasteiger partial charge in [-0.1, -0.05) is 38.1 Å². The van der Waals surface area contributed by atoms with Gasteiger partial charge in [-0.3, -0.25) is 9.36 Å². The summed E-state index contributed by atoms with van der Waals surface area (Å²) < 4.78 is 12.3. The van der Waals surface area contributed by atoms with Gasteiger partial charge in [0.15, 0.2) is 17.3 Å². The second kappa shape index (κ2) is 8.16. The van der Waals surface area contributed by atoms with E-state index in [0.29, 0.717) is 28.5 Å². The molecular formula is C26H26N2O5. The maximum absolute atomic E-state index is 13.4. The highest BCUT2D eigenvalue weighted by atomic mass is 16.5. The SMILES string of the molecule is COc1ccccc1-c1c(C(=O)C(C)(C)C)c(O)c(O)n1-c1ccc(-c2cc(C)no2)cc1. The van der Waals surface area contributed by atoms with Gasteiger partial charge in [0, 0.05) is 28.3 Å². The maximum atomic E-state index is 13.4. The molecular weight excluding hydrogens is 420 g/mol. The molecule has 0 radical (unpaired) electrons. The number of aryl methyl sites for hydroxylation is 1. The van der Waals surface area contributed by atoms with E-state index in [-0.39, 0.29) is 11.3 Å². The van der Waals surface area contributed by atoms with Gasteiger partial charge in [-0.15, -0.1) is 0 Å². The molecule has 0 amide bonds. The molecule has 0 unspecified atom stereocenters. The molecule has 0 aliphatic rings. The van der Waals surface area contributed by atoms with Crippen LogP contribution in [0, 0.1) is 12.3 Å². The highest BCUT2D eigenvalue weighted by Crippen LogP contribution is 2.47. The van der Waals surface area contributed by atoms with Gasteiger partial charge in [-0.05, 0) is 43.3 Å². The van der Waals surface area contributed by atoms with E-state index in [2.05, 4.69) is 5.16 Å². The second-order valence-electron chi connectivity index (χ2n) is 8.89. The zero-order valence-electron chi connectivity index (χ0n) is 19.2. The molecule has 0 atom stereocenters. The molecule has 0 bridgehead atoms. The first-order valence-corrected chi connectivity index (χ1v) is 10.5. The summed E-state index contributed by atoms with van der Waals surface area (Å²) in [6.07, 6.45) is 0. The molecule has 170 valence electrons. The van der Waals surface area contributed by atoms with Crippen LogP contribution in [0.4, 0.5) is 0 Å². The zero-order chi connectivity index (χ0) is 23.9. The van der Waals surface area contributed by atoms with Crippen molar-refractivity contribution in [2.24, 2.45) is 5.41 Å². The third kappa shape index (κ3) is 3.86. The fourth-order valence-electron chi connectivity index (χ4n) is 3.76. The highest BCUT2D eigenvalue weighted by Gasteiger charge is 2.35. The standard InChI is InChI=1S/C26H26N2O5/c1-15-14-20(33-27-15)16-10-12-17(13-11-16)28-22(18-8-6-7-9-19(18)32-5)21(23(29)25(28)31)24(30)26(2,3)4/h6-14,29,31H,1-5H3. The normalized spacial score (nSPS) is 11.5. The van der Waals surface area contributed by atoms with Gasteiger partial charge in [-0.2, -0.15) is 0 Å². The van der Waals surface area contributed by atoms with E-state index in [0.717, 1.165) is 11.3 Å². The van der Waals surface area contributed by atoms with Crippen LogP contribution in [0.1, 0.15) is 36.8 Å². The molecule has 2 N–H and O–H groups in total. The van der Waals surface area contributed by atoms with Crippen LogP contribution in [0.5, 0.6) is 17.4 Å². The molecule has 33 heavy (non-hydrogen) atoms. The molecule has 0 aliphatic carbocycles. The number of ether oxygens (including phenoxy) is 1. The van der Waals surface area contributed by atoms with E-state index in [1.165, 1.54) is 11.7 Å². The number of aromatic nitrogens is 2. The fraction of sp³-hybridized carbons (Fsp3) is 0.231. The van der Waals surface area contributed by atoms with Crippen LogP contribution >= 0.6 is 0 Å². The van der Waals surface area contributed by atoms with Crippen molar-refractivity contribution in [2.75, 3.05) is 7.11 Å². The number of ketones is 1. The molecule has 0 saturated carbocycles. The van der Waals surface area contributed by atoms with E-state index >= 15 is 0 Å². The smallest absolute Gasteiger partial charge is 0.240 e. The van der Waals surface area contributed by atoms with Gasteiger partial charge in [0.25, 0.3) is 0 Å². The Morgan fingerprint density at radius 3 is 2.30 bits per heavy atom. The number of hydrogen-bond donors (Lipinski definition) is 2. The van der Waals surface area contributed by atoms with Gasteiger partial charge in [0.1, 0.15) is 5.75 Å². The summed E-state index contributed by atoms with van der Waals surface area (Å²) in [6, 6.07) is 16.2. The largest absolute Gasteiger partial charge is 0.503 e. The number of benzene rings is 2. The summed E-state index contributed by atoms with van der Waals surface area (Å²) in [4.78, 5) is 13.4. The average Bonchev–Trinajstić information content (AvgIpc) is 3.34. The Bertz CT molecular complexity index is 1320. The molecule has 7 nitrogen and oxygen atoms in total. The van der Waals surface area contributed by atoms with Gasteiger partial charge in [0.2, 0.25) is 5.88 Å². The van der Waals surface area contributed by atoms with Crippen LogP contribution in [0.2, 0.25) is 0 Å². The minimum atomic E-state index is -0.791. The number of nitrogens with zero attached hydrogens (tertiary/aromatic N) is 2. The number of para-hydroxylation sites is 1. The predicted octanol–water partition coefficient (Wildman–Crippen LogP) is 5.76. The second-order valence-corrected chi connectivity index (χ2v) is 8.89. The number of carbonyl (C=O) groups excluding carboxylic acids is 1. The molecule has 2 aromatic heterocycles. The Hall–Kier alpha value is -4.00. The molecule has 0 aliphatic heterocycles. The Balaban J connectivity index is 1.98. The van der Waals surface area contributed by atoms with Gasteiger partial charge >= 0.3 is 0 Å². The third-order valence-electron chi connectivity index (χ3n) is 5.43. The lowest BCUT2D eigenvalue weighted by molar-refractivity contribution is 0.0856. The first kappa shape index (κ1) is 22.2. The lowest BCUT2D eigenvalue weighted by Crippen LogP contribution is -2.21. The number of Topliss-reactive ketones (excluding diaryl/α,β-unsaturated/α-hetero) is 1. The molecule has 0 fully saturated rings. The minimum absolute atomic E-state index is 0.0411. The number of aromatic hydroxyl groups is 2. The summed E-state index contributed by atoms with van der Waals surface area (Å²) in [7, 11) is 1.53. The molecule has 4 aromatic rings. The van der Waals surface area contributed by atoms with Crippen molar-refractivity contribution in [3.05, 3.63) is 65.9 Å². The summed E-state index contributed by atoms with van der Waals surface area (Å²) in [5.74, 6) is -0.0682. The van der Waals surface area contributed by atoms with Gasteiger partial charge < -0.3 is 19.5 Å². The zero-order valence-corrected chi connectivity index (χ0v) is 19.2. The highest BCUT2D eigenvalue weighted by molar-refractivity contribution is 6.08. The predicted molar refractivity (Wildman–Crippen MR) is 125 cm³/mol. The number of carbonyl (C=O) groups is 1. The Morgan fingerprint density at radius 2 is 1.73 bits per heavy atom. The summed E-state index contributed by atoms with van der Waals surface area (Å²) in [5.41, 5.74) is 2.30. The van der Waals surface area contributed by atoms with Crippen LogP contribution < -0.4 is 4.74 Å². The quantitative estimate of drug-likeness (QED) is 0.379. The monoisotopic (exact) mass is 446 g/mol. The van der Waals surface area contributed by atoms with E-state index in [1.807, 2.05) is 37.3 Å². The van der Waals surface area contributed by atoms with Crippen molar-refractivity contribution in [3.8, 4) is 45.6 Å². The minimum Gasteiger partial charge on any atom is -0.503 e. The van der Waals surface area contributed by atoms with Crippen molar-refractivity contribution < 1.29 is 24.3 Å². The van der Waals surface area contributed by atoms with Crippen LogP contribution in [0.15, 0.2) is 59.1 Å². The molecule has 2 heterocycles. The van der Waals surface area contributed by atoms with Crippen molar-refractivity contribution in [3.63, 3.8) is 0 Å². The first-order chi connectivity index (χ1) is 15.6. The molecule has 2 aromatic carbocycles. The number of hydrogen-bond acceptors (Lipinski definition) is 6. The van der Waals surface area contributed by atoms with E-state index < -0.39 is 17.0 Å². The molecule has 0 spiro atoms. The van der Waals surface area contributed by atoms with Crippen molar-refractivity contribution in [1.82, 2.24) is 9.72 Å². The van der Waals surface area contributed by atoms with Crippen molar-refractivity contribution >= 4 is 5.78 Å². The Morgan fingerprint density at radius 1 is 1.06 bits per heavy atom. The number of methoxy groups -OCH3 is 1. The van der Waals surface area contributed by atoms with Crippen molar-refractivity contribution in [1.29, 1.82) is 0 Å². The topological polar surface area (TPSA) is 97.7 Å². The Kier molecular flexibility index (Phi) is 5.49. The van der Waals surface area contributed by atoms with Crippen LogP contribution in [0.3, 0.4) is 0 Å². The lowest BCUT2D eigenvalue weighted by atomic mass is 9.85. The van der Waals surface area contributed by atoms with Crippen LogP contribution in [-0.2, 0) is 0 Å². The van der Waals surface area contributed by atoms with E-state index in [9.17, 15) is 15.0 Å². The molecule has 0 saturated heterocycles. The van der Waals surface area contributed by atoms with Crippen LogP contribution in [0.25, 0.3) is 28.3 Å². The van der Waals surface area contributed by atoms with Crippen molar-refractivity contribution in [2.45, 2.75) is 27.7 Å². The number of rotatable bonds is 5. The first-order valence-electron chi connectivity index (χ1n) is 10.5. The van der Waals surface area contributed by atoms with E-state index in [1.54, 1.807) is 45.0 Å². The summed E-state index contributed by atoms with van der Waals surface area (Å²) >= 11 is 0.